The second-order valence-corrected chi connectivity index (χ2v) is 5.71. The third-order valence-electron chi connectivity index (χ3n) is 4.85. The predicted molar refractivity (Wildman–Crippen MR) is 90.6 cm³/mol. The Morgan fingerprint density at radius 2 is 1.29 bits per heavy atom. The minimum absolute atomic E-state index is 0.180. The van der Waals surface area contributed by atoms with Crippen molar-refractivity contribution in [3.05, 3.63) is 109 Å². The van der Waals surface area contributed by atoms with Crippen LogP contribution in [-0.2, 0) is 10.8 Å². The molecule has 0 aromatic heterocycles. The summed E-state index contributed by atoms with van der Waals surface area (Å²) in [7, 11) is 0. The zero-order valence-corrected chi connectivity index (χ0v) is 12.3. The molecule has 0 heterocycles. The van der Waals surface area contributed by atoms with Crippen molar-refractivity contribution in [2.75, 3.05) is 0 Å². The summed E-state index contributed by atoms with van der Waals surface area (Å²) in [5.74, 6) is 0. The van der Waals surface area contributed by atoms with Crippen molar-refractivity contribution in [3.63, 3.8) is 0 Å². The van der Waals surface area contributed by atoms with E-state index in [-0.39, 0.29) is 10.8 Å². The van der Waals surface area contributed by atoms with Crippen molar-refractivity contribution >= 4 is 0 Å². The summed E-state index contributed by atoms with van der Waals surface area (Å²) >= 11 is 0. The summed E-state index contributed by atoms with van der Waals surface area (Å²) < 4.78 is 0. The highest BCUT2D eigenvalue weighted by atomic mass is 14.5. The fourth-order valence-electron chi connectivity index (χ4n) is 3.67. The Morgan fingerprint density at radius 3 is 1.86 bits per heavy atom. The molecule has 0 fully saturated rings. The second-order valence-electron chi connectivity index (χ2n) is 5.71. The van der Waals surface area contributed by atoms with Gasteiger partial charge in [-0.05, 0) is 23.1 Å². The van der Waals surface area contributed by atoms with E-state index in [9.17, 15) is 0 Å². The molecule has 1 unspecified atom stereocenters. The van der Waals surface area contributed by atoms with Gasteiger partial charge in [0.05, 0.1) is 0 Å². The van der Waals surface area contributed by atoms with Gasteiger partial charge in [0.2, 0.25) is 0 Å². The van der Waals surface area contributed by atoms with Crippen LogP contribution in [0.25, 0.3) is 0 Å². The first-order chi connectivity index (χ1) is 10.2. The van der Waals surface area contributed by atoms with Crippen LogP contribution in [0.1, 0.15) is 23.1 Å². The number of benzene rings is 2. The van der Waals surface area contributed by atoms with Crippen LogP contribution >= 0.6 is 0 Å². The van der Waals surface area contributed by atoms with Crippen molar-refractivity contribution in [1.29, 1.82) is 0 Å². The van der Waals surface area contributed by atoms with Crippen molar-refractivity contribution in [1.82, 2.24) is 0 Å². The van der Waals surface area contributed by atoms with E-state index < -0.39 is 0 Å². The molecule has 0 saturated carbocycles. The fourth-order valence-corrected chi connectivity index (χ4v) is 3.67. The number of allylic oxidation sites excluding steroid dienone is 3. The summed E-state index contributed by atoms with van der Waals surface area (Å²) in [6.07, 6.45) is 7.02. The Labute approximate surface area is 127 Å². The Bertz CT molecular complexity index is 685. The molecule has 3 rings (SSSR count). The lowest BCUT2D eigenvalue weighted by Crippen LogP contribution is -2.25. The summed E-state index contributed by atoms with van der Waals surface area (Å²) in [5, 5.41) is 0. The van der Waals surface area contributed by atoms with Gasteiger partial charge in [0, 0.05) is 10.8 Å². The molecule has 0 bridgehead atoms. The van der Waals surface area contributed by atoms with E-state index in [1.807, 2.05) is 12.2 Å². The van der Waals surface area contributed by atoms with Crippen LogP contribution in [0, 0.1) is 0 Å². The third-order valence-corrected chi connectivity index (χ3v) is 4.85. The van der Waals surface area contributed by atoms with E-state index in [0.29, 0.717) is 0 Å². The maximum Gasteiger partial charge on any atom is 0.0397 e. The molecule has 1 aliphatic rings. The normalized spacial score (nSPS) is 22.3. The molecule has 0 N–H and O–H groups in total. The lowest BCUT2D eigenvalue weighted by Gasteiger charge is -2.30. The highest BCUT2D eigenvalue weighted by molar-refractivity contribution is 5.59. The topological polar surface area (TPSA) is 0 Å². The van der Waals surface area contributed by atoms with Gasteiger partial charge in [-0.2, -0.15) is 0 Å². The van der Waals surface area contributed by atoms with Gasteiger partial charge in [0.1, 0.15) is 0 Å². The maximum atomic E-state index is 4.16. The molecule has 0 amide bonds. The molecule has 0 saturated heterocycles. The van der Waals surface area contributed by atoms with Gasteiger partial charge in [-0.3, -0.25) is 0 Å². The van der Waals surface area contributed by atoms with E-state index in [0.717, 1.165) is 6.42 Å². The molecule has 1 atom stereocenters. The van der Waals surface area contributed by atoms with E-state index in [1.165, 1.54) is 16.7 Å². The van der Waals surface area contributed by atoms with Gasteiger partial charge in [-0.25, -0.2) is 0 Å². The SMILES string of the molecule is C=CC1(C=C)CC(C=C)(c2ccccc2)c2ccccc21. The van der Waals surface area contributed by atoms with Crippen LogP contribution in [0.15, 0.2) is 92.6 Å². The number of hydrogen-bond donors (Lipinski definition) is 0. The lowest BCUT2D eigenvalue weighted by atomic mass is 9.72. The first kappa shape index (κ1) is 13.6. The molecule has 0 spiro atoms. The quantitative estimate of drug-likeness (QED) is 0.673. The summed E-state index contributed by atoms with van der Waals surface area (Å²) in [5.41, 5.74) is 3.50. The Morgan fingerprint density at radius 1 is 0.714 bits per heavy atom. The van der Waals surface area contributed by atoms with E-state index >= 15 is 0 Å². The minimum atomic E-state index is -0.194. The summed E-state index contributed by atoms with van der Waals surface area (Å²) in [6, 6.07) is 19.2. The zero-order chi connectivity index (χ0) is 14.9. The Kier molecular flexibility index (Phi) is 3.17. The van der Waals surface area contributed by atoms with E-state index in [4.69, 9.17) is 0 Å². The van der Waals surface area contributed by atoms with Crippen molar-refractivity contribution < 1.29 is 0 Å². The molecule has 1 aliphatic carbocycles. The van der Waals surface area contributed by atoms with Crippen LogP contribution in [0.4, 0.5) is 0 Å². The molecule has 0 heteroatoms. The van der Waals surface area contributed by atoms with Gasteiger partial charge >= 0.3 is 0 Å². The average molecular weight is 272 g/mol. The van der Waals surface area contributed by atoms with E-state index in [1.54, 1.807) is 0 Å². The van der Waals surface area contributed by atoms with Crippen molar-refractivity contribution in [2.45, 2.75) is 17.3 Å². The molecular formula is C21H20. The first-order valence-electron chi connectivity index (χ1n) is 7.29. The third kappa shape index (κ3) is 1.76. The van der Waals surface area contributed by atoms with Crippen LogP contribution in [0.5, 0.6) is 0 Å². The van der Waals surface area contributed by atoms with Gasteiger partial charge in [0.15, 0.2) is 0 Å². The van der Waals surface area contributed by atoms with Gasteiger partial charge in [-0.15, -0.1) is 19.7 Å². The first-order valence-corrected chi connectivity index (χ1v) is 7.29. The highest BCUT2D eigenvalue weighted by Gasteiger charge is 2.48. The molecule has 0 aliphatic heterocycles. The molecule has 0 nitrogen and oxygen atoms in total. The molecule has 21 heavy (non-hydrogen) atoms. The van der Waals surface area contributed by atoms with Crippen molar-refractivity contribution in [3.8, 4) is 0 Å². The molecule has 2 aromatic carbocycles. The number of rotatable bonds is 4. The Balaban J connectivity index is 2.33. The van der Waals surface area contributed by atoms with Gasteiger partial charge in [0.25, 0.3) is 0 Å². The zero-order valence-electron chi connectivity index (χ0n) is 12.3. The Hall–Kier alpha value is -2.34. The number of fused-ring (bicyclic) bond motifs is 1. The van der Waals surface area contributed by atoms with Gasteiger partial charge < -0.3 is 0 Å². The summed E-state index contributed by atoms with van der Waals surface area (Å²) in [6.45, 7) is 12.3. The van der Waals surface area contributed by atoms with Crippen LogP contribution < -0.4 is 0 Å². The van der Waals surface area contributed by atoms with Crippen LogP contribution in [-0.4, -0.2) is 0 Å². The van der Waals surface area contributed by atoms with Gasteiger partial charge in [-0.1, -0.05) is 72.8 Å². The molecule has 104 valence electrons. The van der Waals surface area contributed by atoms with Crippen molar-refractivity contribution in [2.24, 2.45) is 0 Å². The predicted octanol–water partition coefficient (Wildman–Crippen LogP) is 5.17. The smallest absolute Gasteiger partial charge is 0.0397 e. The molecule has 2 aromatic rings. The molecular weight excluding hydrogens is 252 g/mol. The van der Waals surface area contributed by atoms with Crippen LogP contribution in [0.3, 0.4) is 0 Å². The molecule has 0 radical (unpaired) electrons. The average Bonchev–Trinajstić information content (AvgIpc) is 2.88. The second kappa shape index (κ2) is 4.89. The standard InChI is InChI=1S/C21H20/c1-4-20(5-2)16-21(6-3,17-12-8-7-9-13-17)19-15-11-10-14-18(19)20/h4-15H,1-3,16H2. The summed E-state index contributed by atoms with van der Waals surface area (Å²) in [4.78, 5) is 0. The van der Waals surface area contributed by atoms with Crippen LogP contribution in [0.2, 0.25) is 0 Å². The minimum Gasteiger partial charge on any atom is -0.102 e. The van der Waals surface area contributed by atoms with E-state index in [2.05, 4.69) is 80.4 Å². The highest BCUT2D eigenvalue weighted by Crippen LogP contribution is 2.54. The monoisotopic (exact) mass is 272 g/mol. The fraction of sp³-hybridized carbons (Fsp3) is 0.143. The maximum absolute atomic E-state index is 4.16. The number of hydrogen-bond acceptors (Lipinski definition) is 0. The largest absolute Gasteiger partial charge is 0.102 e. The lowest BCUT2D eigenvalue weighted by molar-refractivity contribution is 0.538.